The minimum absolute atomic E-state index is 0.0406. The highest BCUT2D eigenvalue weighted by Crippen LogP contribution is 2.23. The molecule has 2 rings (SSSR count). The molecule has 0 atom stereocenters. The second-order valence-corrected chi connectivity index (χ2v) is 6.27. The van der Waals surface area contributed by atoms with Gasteiger partial charge in [0.1, 0.15) is 6.54 Å². The number of aromatic nitrogens is 1. The molecule has 1 aromatic heterocycles. The number of carbonyl (C=O) groups excluding carboxylic acids is 3. The Labute approximate surface area is 164 Å². The molecule has 0 saturated heterocycles. The third-order valence-corrected chi connectivity index (χ3v) is 4.10. The summed E-state index contributed by atoms with van der Waals surface area (Å²) >= 11 is 0. The molecule has 0 unspecified atom stereocenters. The lowest BCUT2D eigenvalue weighted by molar-refractivity contribution is -0.141. The average Bonchev–Trinajstić information content (AvgIpc) is 2.92. The number of nitrogens with zero attached hydrogens (tertiary/aromatic N) is 1. The van der Waals surface area contributed by atoms with Crippen LogP contribution in [0.3, 0.4) is 0 Å². The van der Waals surface area contributed by atoms with Crippen LogP contribution < -0.4 is 10.6 Å². The van der Waals surface area contributed by atoms with Gasteiger partial charge in [0.15, 0.2) is 6.61 Å². The fourth-order valence-corrected chi connectivity index (χ4v) is 2.72. The van der Waals surface area contributed by atoms with E-state index in [-0.39, 0.29) is 22.9 Å². The minimum Gasteiger partial charge on any atom is -0.452 e. The Kier molecular flexibility index (Phi) is 6.68. The maximum atomic E-state index is 12.7. The van der Waals surface area contributed by atoms with Gasteiger partial charge in [-0.2, -0.15) is 13.2 Å². The van der Waals surface area contributed by atoms with Crippen LogP contribution in [0.25, 0.3) is 0 Å². The standard InChI is InChI=1S/C19H20F3N3O4/c1-11-7-15(12(2)25(11)10-19(20,21)22)18(28)29-9-16(26)24-14-6-4-5-13(8-14)17(27)23-3/h4-8H,9-10H2,1-3H3,(H,23,27)(H,24,26). The number of benzene rings is 1. The predicted molar refractivity (Wildman–Crippen MR) is 98.7 cm³/mol. The van der Waals surface area contributed by atoms with E-state index in [0.29, 0.717) is 11.3 Å². The number of nitrogens with one attached hydrogen (secondary N) is 2. The van der Waals surface area contributed by atoms with Crippen LogP contribution in [0.5, 0.6) is 0 Å². The van der Waals surface area contributed by atoms with E-state index < -0.39 is 31.2 Å². The van der Waals surface area contributed by atoms with Crippen molar-refractivity contribution in [1.29, 1.82) is 0 Å². The predicted octanol–water partition coefficient (Wildman–Crippen LogP) is 2.82. The number of amides is 2. The van der Waals surface area contributed by atoms with Crippen molar-refractivity contribution in [3.05, 3.63) is 52.8 Å². The van der Waals surface area contributed by atoms with Crippen LogP contribution in [0, 0.1) is 13.8 Å². The van der Waals surface area contributed by atoms with Crippen molar-refractivity contribution in [2.75, 3.05) is 19.0 Å². The van der Waals surface area contributed by atoms with Gasteiger partial charge in [0, 0.05) is 29.7 Å². The molecule has 1 aromatic carbocycles. The Morgan fingerprint density at radius 2 is 1.83 bits per heavy atom. The molecule has 0 aliphatic rings. The van der Waals surface area contributed by atoms with E-state index >= 15 is 0 Å². The summed E-state index contributed by atoms with van der Waals surface area (Å²) in [4.78, 5) is 35.8. The number of hydrogen-bond acceptors (Lipinski definition) is 4. The van der Waals surface area contributed by atoms with Gasteiger partial charge in [-0.15, -0.1) is 0 Å². The number of aryl methyl sites for hydroxylation is 1. The molecule has 2 aromatic rings. The molecule has 1 heterocycles. The van der Waals surface area contributed by atoms with Gasteiger partial charge in [-0.1, -0.05) is 6.07 Å². The zero-order valence-corrected chi connectivity index (χ0v) is 16.0. The van der Waals surface area contributed by atoms with Crippen molar-refractivity contribution in [2.24, 2.45) is 0 Å². The topological polar surface area (TPSA) is 89.4 Å². The number of halogens is 3. The Hall–Kier alpha value is -3.30. The lowest BCUT2D eigenvalue weighted by Crippen LogP contribution is -2.22. The van der Waals surface area contributed by atoms with E-state index in [4.69, 9.17) is 4.74 Å². The van der Waals surface area contributed by atoms with E-state index in [2.05, 4.69) is 10.6 Å². The first kappa shape index (κ1) is 22.0. The summed E-state index contributed by atoms with van der Waals surface area (Å²) in [6.45, 7) is 0.966. The molecule has 10 heteroatoms. The first-order valence-corrected chi connectivity index (χ1v) is 8.54. The smallest absolute Gasteiger partial charge is 0.406 e. The molecule has 0 aliphatic heterocycles. The van der Waals surface area contributed by atoms with Gasteiger partial charge < -0.3 is 19.9 Å². The number of rotatable bonds is 6. The van der Waals surface area contributed by atoms with Gasteiger partial charge in [-0.05, 0) is 38.1 Å². The van der Waals surface area contributed by atoms with Crippen molar-refractivity contribution < 1.29 is 32.3 Å². The molecule has 0 aliphatic carbocycles. The summed E-state index contributed by atoms with van der Waals surface area (Å²) < 4.78 is 43.9. The minimum atomic E-state index is -4.43. The Bertz CT molecular complexity index is 935. The first-order valence-electron chi connectivity index (χ1n) is 8.54. The highest BCUT2D eigenvalue weighted by molar-refractivity contribution is 5.98. The molecule has 0 fully saturated rings. The van der Waals surface area contributed by atoms with Gasteiger partial charge in [-0.25, -0.2) is 4.79 Å². The number of anilines is 1. The molecular weight excluding hydrogens is 391 g/mol. The summed E-state index contributed by atoms with van der Waals surface area (Å²) in [5, 5.41) is 4.93. The highest BCUT2D eigenvalue weighted by atomic mass is 19.4. The van der Waals surface area contributed by atoms with Gasteiger partial charge >= 0.3 is 12.1 Å². The molecule has 156 valence electrons. The second kappa shape index (κ2) is 8.80. The molecule has 0 spiro atoms. The van der Waals surface area contributed by atoms with E-state index in [1.165, 1.54) is 33.0 Å². The molecule has 2 amide bonds. The van der Waals surface area contributed by atoms with Crippen LogP contribution in [0.4, 0.5) is 18.9 Å². The van der Waals surface area contributed by atoms with Crippen molar-refractivity contribution in [3.8, 4) is 0 Å². The number of carbonyl (C=O) groups is 3. The SMILES string of the molecule is CNC(=O)c1cccc(NC(=O)COC(=O)c2cc(C)n(CC(F)(F)F)c2C)c1. The Balaban J connectivity index is 2.00. The van der Waals surface area contributed by atoms with Gasteiger partial charge in [0.2, 0.25) is 0 Å². The van der Waals surface area contributed by atoms with Crippen LogP contribution >= 0.6 is 0 Å². The summed E-state index contributed by atoms with van der Waals surface area (Å²) in [7, 11) is 1.47. The van der Waals surface area contributed by atoms with Gasteiger partial charge in [0.05, 0.1) is 5.56 Å². The molecule has 29 heavy (non-hydrogen) atoms. The summed E-state index contributed by atoms with van der Waals surface area (Å²) in [5.74, 6) is -1.89. The lowest BCUT2D eigenvalue weighted by atomic mass is 10.2. The second-order valence-electron chi connectivity index (χ2n) is 6.27. The molecule has 2 N–H and O–H groups in total. The average molecular weight is 411 g/mol. The van der Waals surface area contributed by atoms with E-state index in [1.807, 2.05) is 0 Å². The molecule has 7 nitrogen and oxygen atoms in total. The Morgan fingerprint density at radius 3 is 2.45 bits per heavy atom. The van der Waals surface area contributed by atoms with Crippen molar-refractivity contribution in [3.63, 3.8) is 0 Å². The van der Waals surface area contributed by atoms with Crippen LogP contribution in [0.1, 0.15) is 32.1 Å². The summed E-state index contributed by atoms with van der Waals surface area (Å²) in [6.07, 6.45) is -4.43. The molecule has 0 saturated carbocycles. The molecular formula is C19H20F3N3O4. The Morgan fingerprint density at radius 1 is 1.14 bits per heavy atom. The largest absolute Gasteiger partial charge is 0.452 e. The highest BCUT2D eigenvalue weighted by Gasteiger charge is 2.30. The number of hydrogen-bond donors (Lipinski definition) is 2. The third kappa shape index (κ3) is 5.84. The van der Waals surface area contributed by atoms with Gasteiger partial charge in [-0.3, -0.25) is 9.59 Å². The van der Waals surface area contributed by atoms with Crippen molar-refractivity contribution in [1.82, 2.24) is 9.88 Å². The van der Waals surface area contributed by atoms with Crippen LogP contribution in [-0.4, -0.2) is 42.2 Å². The maximum absolute atomic E-state index is 12.7. The van der Waals surface area contributed by atoms with Gasteiger partial charge in [0.25, 0.3) is 11.8 Å². The fraction of sp³-hybridized carbons (Fsp3) is 0.316. The van der Waals surface area contributed by atoms with Crippen LogP contribution in [0.2, 0.25) is 0 Å². The van der Waals surface area contributed by atoms with Crippen molar-refractivity contribution >= 4 is 23.5 Å². The lowest BCUT2D eigenvalue weighted by Gasteiger charge is -2.12. The molecule has 0 bridgehead atoms. The van der Waals surface area contributed by atoms with E-state index in [1.54, 1.807) is 18.2 Å². The fourth-order valence-electron chi connectivity index (χ4n) is 2.72. The quantitative estimate of drug-likeness (QED) is 0.716. The van der Waals surface area contributed by atoms with E-state index in [9.17, 15) is 27.6 Å². The third-order valence-electron chi connectivity index (χ3n) is 4.10. The zero-order valence-electron chi connectivity index (χ0n) is 16.0. The number of esters is 1. The van der Waals surface area contributed by atoms with Crippen LogP contribution in [0.15, 0.2) is 30.3 Å². The summed E-state index contributed by atoms with van der Waals surface area (Å²) in [5.41, 5.74) is 0.974. The summed E-state index contributed by atoms with van der Waals surface area (Å²) in [6, 6.07) is 7.42. The van der Waals surface area contributed by atoms with E-state index in [0.717, 1.165) is 4.57 Å². The number of ether oxygens (including phenoxy) is 1. The number of alkyl halides is 3. The van der Waals surface area contributed by atoms with Crippen LogP contribution in [-0.2, 0) is 16.1 Å². The van der Waals surface area contributed by atoms with Crippen molar-refractivity contribution in [2.45, 2.75) is 26.6 Å². The monoisotopic (exact) mass is 411 g/mol. The first-order chi connectivity index (χ1) is 13.5. The normalized spacial score (nSPS) is 11.1. The maximum Gasteiger partial charge on any atom is 0.406 e. The molecule has 0 radical (unpaired) electrons. The zero-order chi connectivity index (χ0) is 21.8.